The van der Waals surface area contributed by atoms with Crippen molar-refractivity contribution in [2.24, 2.45) is 0 Å². The number of nitrogens with zero attached hydrogens (tertiary/aromatic N) is 3. The molecule has 0 unspecified atom stereocenters. The van der Waals surface area contributed by atoms with Gasteiger partial charge >= 0.3 is 0 Å². The van der Waals surface area contributed by atoms with Gasteiger partial charge in [0.2, 0.25) is 0 Å². The summed E-state index contributed by atoms with van der Waals surface area (Å²) in [6.07, 6.45) is 2.08. The summed E-state index contributed by atoms with van der Waals surface area (Å²) in [5.74, 6) is 0. The molecule has 278 valence electrons. The van der Waals surface area contributed by atoms with Crippen LogP contribution in [0.1, 0.15) is 0 Å². The van der Waals surface area contributed by atoms with Gasteiger partial charge in [0, 0.05) is 61.0 Å². The highest BCUT2D eigenvalue weighted by Gasteiger charge is 2.24. The van der Waals surface area contributed by atoms with E-state index in [2.05, 4.69) is 222 Å². The maximum Gasteiger partial charge on any atom is 0.0781 e. The molecule has 0 fully saturated rings. The van der Waals surface area contributed by atoms with Crippen LogP contribution in [-0.2, 0) is 0 Å². The number of para-hydroxylation sites is 2. The third-order valence-electron chi connectivity index (χ3n) is 12.7. The molecule has 60 heavy (non-hydrogen) atoms. The maximum absolute atomic E-state index is 5.21. The molecule has 12 aromatic rings. The van der Waals surface area contributed by atoms with Gasteiger partial charge in [-0.2, -0.15) is 0 Å². The second-order valence-electron chi connectivity index (χ2n) is 15.9. The van der Waals surface area contributed by atoms with Gasteiger partial charge in [-0.1, -0.05) is 140 Å². The van der Waals surface area contributed by atoms with Gasteiger partial charge in [-0.05, 0) is 106 Å². The Labute approximate surface area is 346 Å². The Morgan fingerprint density at radius 2 is 0.767 bits per heavy atom. The molecule has 3 aromatic heterocycles. The highest BCUT2D eigenvalue weighted by Crippen LogP contribution is 2.49. The predicted octanol–water partition coefficient (Wildman–Crippen LogP) is 15.1. The number of rotatable bonds is 5. The Morgan fingerprint density at radius 3 is 1.52 bits per heavy atom. The van der Waals surface area contributed by atoms with E-state index in [0.717, 1.165) is 28.1 Å². The van der Waals surface area contributed by atoms with Gasteiger partial charge in [0.25, 0.3) is 0 Å². The molecule has 3 nitrogen and oxygen atoms in total. The molecule has 0 atom stereocenters. The van der Waals surface area contributed by atoms with Crippen molar-refractivity contribution in [1.29, 1.82) is 0 Å². The van der Waals surface area contributed by atoms with Crippen molar-refractivity contribution in [3.63, 3.8) is 0 Å². The Bertz CT molecular complexity index is 3670. The van der Waals surface area contributed by atoms with E-state index in [4.69, 9.17) is 4.98 Å². The molecule has 0 N–H and O–H groups in total. The zero-order valence-corrected chi connectivity index (χ0v) is 32.5. The van der Waals surface area contributed by atoms with Gasteiger partial charge < -0.3 is 9.13 Å². The minimum Gasteiger partial charge on any atom is -0.309 e. The number of hydrogen-bond donors (Lipinski definition) is 0. The first-order valence-corrected chi connectivity index (χ1v) is 20.6. The molecular formula is C57H35N3. The van der Waals surface area contributed by atoms with Crippen molar-refractivity contribution in [2.75, 3.05) is 0 Å². The van der Waals surface area contributed by atoms with E-state index >= 15 is 0 Å². The van der Waals surface area contributed by atoms with Gasteiger partial charge in [-0.15, -0.1) is 0 Å². The average molecular weight is 762 g/mol. The van der Waals surface area contributed by atoms with Crippen molar-refractivity contribution < 1.29 is 0 Å². The third-order valence-corrected chi connectivity index (χ3v) is 12.7. The Balaban J connectivity index is 1.03. The fraction of sp³-hybridized carbons (Fsp3) is 0. The van der Waals surface area contributed by atoms with Crippen molar-refractivity contribution >= 4 is 54.4 Å². The van der Waals surface area contributed by atoms with Crippen LogP contribution < -0.4 is 0 Å². The molecule has 0 bridgehead atoms. The highest BCUT2D eigenvalue weighted by molar-refractivity contribution is 6.19. The zero-order chi connectivity index (χ0) is 39.3. The second-order valence-corrected chi connectivity index (χ2v) is 15.9. The van der Waals surface area contributed by atoms with Crippen molar-refractivity contribution in [1.82, 2.24) is 14.1 Å². The van der Waals surface area contributed by atoms with E-state index in [9.17, 15) is 0 Å². The van der Waals surface area contributed by atoms with Crippen molar-refractivity contribution in [2.45, 2.75) is 0 Å². The quantitative estimate of drug-likeness (QED) is 0.171. The summed E-state index contributed by atoms with van der Waals surface area (Å²) >= 11 is 0. The van der Waals surface area contributed by atoms with Gasteiger partial charge in [0.1, 0.15) is 0 Å². The summed E-state index contributed by atoms with van der Waals surface area (Å²) in [5, 5.41) is 7.37. The average Bonchev–Trinajstić information content (AvgIpc) is 3.95. The molecule has 0 radical (unpaired) electrons. The number of benzene rings is 9. The molecule has 0 spiro atoms. The first kappa shape index (κ1) is 33.0. The van der Waals surface area contributed by atoms with E-state index in [0.29, 0.717) is 0 Å². The maximum atomic E-state index is 5.21. The van der Waals surface area contributed by atoms with Crippen LogP contribution in [0, 0.1) is 0 Å². The summed E-state index contributed by atoms with van der Waals surface area (Å²) in [5.41, 5.74) is 19.0. The summed E-state index contributed by atoms with van der Waals surface area (Å²) in [6.45, 7) is 0. The fourth-order valence-electron chi connectivity index (χ4n) is 10.0. The van der Waals surface area contributed by atoms with Crippen LogP contribution in [0.2, 0.25) is 0 Å². The topological polar surface area (TPSA) is 22.8 Å². The molecule has 0 saturated carbocycles. The van der Waals surface area contributed by atoms with Crippen LogP contribution in [0.15, 0.2) is 212 Å². The summed E-state index contributed by atoms with van der Waals surface area (Å²) < 4.78 is 4.81. The Hall–Kier alpha value is -8.01. The first-order chi connectivity index (χ1) is 29.8. The minimum atomic E-state index is 1.01. The lowest BCUT2D eigenvalue weighted by Crippen LogP contribution is -1.94. The van der Waals surface area contributed by atoms with Crippen LogP contribution in [0.5, 0.6) is 0 Å². The van der Waals surface area contributed by atoms with Crippen LogP contribution >= 0.6 is 0 Å². The van der Waals surface area contributed by atoms with Crippen molar-refractivity contribution in [3.8, 4) is 67.1 Å². The molecule has 1 aliphatic carbocycles. The predicted molar refractivity (Wildman–Crippen MR) is 251 cm³/mol. The van der Waals surface area contributed by atoms with Gasteiger partial charge in [0.15, 0.2) is 0 Å². The molecule has 3 heterocycles. The van der Waals surface area contributed by atoms with Crippen molar-refractivity contribution in [3.05, 3.63) is 212 Å². The summed E-state index contributed by atoms with van der Waals surface area (Å²) in [6, 6.07) is 75.2. The molecule has 9 aromatic carbocycles. The standard InChI is InChI=1S/C57H35N3/c1-3-13-36(14-4-1)37-15-11-18-42(31-37)60-54-29-26-39(38-25-28-53-48(32-38)45-21-9-10-24-52(45)59(53)41-16-5-2-6-17-41)33-49(54)50-34-40(27-30-55(50)60)57-47-23-12-22-46-43-19-7-8-20-44(43)51(35-58-57)56(46)47/h1-35H. The van der Waals surface area contributed by atoms with Gasteiger partial charge in [-0.25, -0.2) is 0 Å². The SMILES string of the molecule is c1ccc(-c2cccc(-n3c4ccc(-c5ccc6c(c5)c5ccccc5n6-c5ccccc5)cc4c4cc(-c5ncc6c7c(cccc57)-c5ccccc5-6)ccc43)c2)cc1. The molecule has 3 heteroatoms. The smallest absolute Gasteiger partial charge is 0.0781 e. The molecule has 0 saturated heterocycles. The zero-order valence-electron chi connectivity index (χ0n) is 32.5. The summed E-state index contributed by atoms with van der Waals surface area (Å²) in [7, 11) is 0. The van der Waals surface area contributed by atoms with E-state index in [1.165, 1.54) is 93.4 Å². The largest absolute Gasteiger partial charge is 0.309 e. The molecular weight excluding hydrogens is 727 g/mol. The number of pyridine rings is 1. The van der Waals surface area contributed by atoms with E-state index in [1.807, 2.05) is 0 Å². The highest BCUT2D eigenvalue weighted by atomic mass is 15.0. The lowest BCUT2D eigenvalue weighted by molar-refractivity contribution is 1.18. The number of fused-ring (bicyclic) bond motifs is 9. The van der Waals surface area contributed by atoms with Gasteiger partial charge in [-0.3, -0.25) is 4.98 Å². The Kier molecular flexibility index (Phi) is 7.01. The molecule has 0 aliphatic heterocycles. The summed E-state index contributed by atoms with van der Waals surface area (Å²) in [4.78, 5) is 5.21. The second kappa shape index (κ2) is 12.7. The third kappa shape index (κ3) is 4.81. The number of aromatic nitrogens is 3. The lowest BCUT2D eigenvalue weighted by atomic mass is 9.97. The number of hydrogen-bond acceptors (Lipinski definition) is 1. The Morgan fingerprint density at radius 1 is 0.283 bits per heavy atom. The normalized spacial score (nSPS) is 12.0. The van der Waals surface area contributed by atoms with E-state index in [-0.39, 0.29) is 0 Å². The fourth-order valence-corrected chi connectivity index (χ4v) is 10.0. The van der Waals surface area contributed by atoms with Gasteiger partial charge in [0.05, 0.1) is 27.8 Å². The monoisotopic (exact) mass is 761 g/mol. The van der Waals surface area contributed by atoms with Crippen LogP contribution in [-0.4, -0.2) is 14.1 Å². The molecule has 1 aliphatic rings. The first-order valence-electron chi connectivity index (χ1n) is 20.6. The van der Waals surface area contributed by atoms with Crippen LogP contribution in [0.3, 0.4) is 0 Å². The molecule has 13 rings (SSSR count). The molecule has 0 amide bonds. The van der Waals surface area contributed by atoms with E-state index < -0.39 is 0 Å². The lowest BCUT2D eigenvalue weighted by Gasteiger charge is -2.12. The minimum absolute atomic E-state index is 1.01. The van der Waals surface area contributed by atoms with Crippen LogP contribution in [0.4, 0.5) is 0 Å². The van der Waals surface area contributed by atoms with Crippen LogP contribution in [0.25, 0.3) is 122 Å². The van der Waals surface area contributed by atoms with E-state index in [1.54, 1.807) is 0 Å².